The number of nitrogens with zero attached hydrogens (tertiary/aromatic N) is 2. The standard InChI is InChI=1S/C10H10N2O2/c13-10(8-2-1-5-14-6-8)9-3-4-11-7-12-9/h3-4,6-7H,1-2,5H2. The molecule has 2 heterocycles. The van der Waals surface area contributed by atoms with E-state index in [0.29, 0.717) is 17.9 Å². The fourth-order valence-corrected chi connectivity index (χ4v) is 1.32. The molecule has 0 atom stereocenters. The number of aromatic nitrogens is 2. The Hall–Kier alpha value is -1.71. The molecular weight excluding hydrogens is 180 g/mol. The third kappa shape index (κ3) is 1.79. The first-order valence-corrected chi connectivity index (χ1v) is 4.49. The minimum Gasteiger partial charge on any atom is -0.501 e. The van der Waals surface area contributed by atoms with Crippen LogP contribution in [0.3, 0.4) is 0 Å². The predicted molar refractivity (Wildman–Crippen MR) is 49.6 cm³/mol. The van der Waals surface area contributed by atoms with E-state index in [1.54, 1.807) is 12.3 Å². The number of carbonyl (C=O) groups excluding carboxylic acids is 1. The summed E-state index contributed by atoms with van der Waals surface area (Å²) in [6.45, 7) is 0.695. The fourth-order valence-electron chi connectivity index (χ4n) is 1.32. The predicted octanol–water partition coefficient (Wildman–Crippen LogP) is 1.35. The van der Waals surface area contributed by atoms with E-state index in [-0.39, 0.29) is 5.78 Å². The van der Waals surface area contributed by atoms with Gasteiger partial charge in [-0.05, 0) is 18.9 Å². The highest BCUT2D eigenvalue weighted by atomic mass is 16.5. The summed E-state index contributed by atoms with van der Waals surface area (Å²) in [7, 11) is 0. The number of ketones is 1. The van der Waals surface area contributed by atoms with Crippen LogP contribution < -0.4 is 0 Å². The topological polar surface area (TPSA) is 52.1 Å². The average Bonchev–Trinajstić information content (AvgIpc) is 2.30. The van der Waals surface area contributed by atoms with E-state index < -0.39 is 0 Å². The van der Waals surface area contributed by atoms with E-state index in [4.69, 9.17) is 4.74 Å². The van der Waals surface area contributed by atoms with Crippen LogP contribution in [0.5, 0.6) is 0 Å². The molecule has 14 heavy (non-hydrogen) atoms. The van der Waals surface area contributed by atoms with Crippen molar-refractivity contribution in [2.45, 2.75) is 12.8 Å². The Balaban J connectivity index is 2.20. The summed E-state index contributed by atoms with van der Waals surface area (Å²) < 4.78 is 5.10. The van der Waals surface area contributed by atoms with Crippen molar-refractivity contribution in [3.63, 3.8) is 0 Å². The van der Waals surface area contributed by atoms with Crippen molar-refractivity contribution in [1.82, 2.24) is 9.97 Å². The van der Waals surface area contributed by atoms with Gasteiger partial charge in [0, 0.05) is 11.8 Å². The minimum absolute atomic E-state index is 0.0629. The summed E-state index contributed by atoms with van der Waals surface area (Å²) in [4.78, 5) is 19.4. The Morgan fingerprint density at radius 2 is 2.43 bits per heavy atom. The zero-order valence-electron chi connectivity index (χ0n) is 7.64. The second-order valence-corrected chi connectivity index (χ2v) is 3.04. The third-order valence-electron chi connectivity index (χ3n) is 2.04. The van der Waals surface area contributed by atoms with Crippen molar-refractivity contribution in [3.05, 3.63) is 36.1 Å². The van der Waals surface area contributed by atoms with Gasteiger partial charge in [0.15, 0.2) is 0 Å². The van der Waals surface area contributed by atoms with Gasteiger partial charge < -0.3 is 4.74 Å². The smallest absolute Gasteiger partial charge is 0.210 e. The van der Waals surface area contributed by atoms with E-state index in [9.17, 15) is 4.79 Å². The molecule has 0 aromatic carbocycles. The van der Waals surface area contributed by atoms with Crippen LogP contribution in [0.25, 0.3) is 0 Å². The van der Waals surface area contributed by atoms with Gasteiger partial charge >= 0.3 is 0 Å². The van der Waals surface area contributed by atoms with E-state index in [1.165, 1.54) is 12.6 Å². The van der Waals surface area contributed by atoms with Crippen LogP contribution in [-0.2, 0) is 4.74 Å². The molecule has 0 fully saturated rings. The van der Waals surface area contributed by atoms with Crippen LogP contribution >= 0.6 is 0 Å². The molecule has 0 unspecified atom stereocenters. The second-order valence-electron chi connectivity index (χ2n) is 3.04. The SMILES string of the molecule is O=C(C1=COCCC1)c1ccncn1. The molecule has 1 aromatic heterocycles. The van der Waals surface area contributed by atoms with Crippen LogP contribution in [0.2, 0.25) is 0 Å². The molecule has 72 valence electrons. The zero-order valence-corrected chi connectivity index (χ0v) is 7.64. The van der Waals surface area contributed by atoms with Crippen molar-refractivity contribution in [1.29, 1.82) is 0 Å². The average molecular weight is 190 g/mol. The van der Waals surface area contributed by atoms with Crippen molar-refractivity contribution in [2.75, 3.05) is 6.61 Å². The van der Waals surface area contributed by atoms with Crippen molar-refractivity contribution >= 4 is 5.78 Å². The van der Waals surface area contributed by atoms with Gasteiger partial charge in [0.1, 0.15) is 12.0 Å². The molecule has 4 heteroatoms. The fraction of sp³-hybridized carbons (Fsp3) is 0.300. The highest BCUT2D eigenvalue weighted by Gasteiger charge is 2.15. The summed E-state index contributed by atoms with van der Waals surface area (Å²) in [6.07, 6.45) is 6.13. The Kier molecular flexibility index (Phi) is 2.53. The molecule has 0 radical (unpaired) electrons. The summed E-state index contributed by atoms with van der Waals surface area (Å²) in [5, 5.41) is 0. The molecule has 0 saturated carbocycles. The molecule has 4 nitrogen and oxygen atoms in total. The molecule has 0 aliphatic carbocycles. The number of allylic oxidation sites excluding steroid dienone is 1. The lowest BCUT2D eigenvalue weighted by molar-refractivity contribution is 0.100. The number of hydrogen-bond donors (Lipinski definition) is 0. The Morgan fingerprint density at radius 1 is 1.50 bits per heavy atom. The van der Waals surface area contributed by atoms with E-state index in [2.05, 4.69) is 9.97 Å². The molecule has 0 N–H and O–H groups in total. The molecule has 0 bridgehead atoms. The van der Waals surface area contributed by atoms with Gasteiger partial charge in [-0.15, -0.1) is 0 Å². The normalized spacial score (nSPS) is 15.6. The molecule has 1 aliphatic rings. The number of ether oxygens (including phenoxy) is 1. The van der Waals surface area contributed by atoms with Crippen LogP contribution in [-0.4, -0.2) is 22.4 Å². The lowest BCUT2D eigenvalue weighted by Crippen LogP contribution is -2.10. The largest absolute Gasteiger partial charge is 0.501 e. The van der Waals surface area contributed by atoms with Gasteiger partial charge in [-0.2, -0.15) is 0 Å². The summed E-state index contributed by atoms with van der Waals surface area (Å²) in [6, 6.07) is 1.61. The number of hydrogen-bond acceptors (Lipinski definition) is 4. The quantitative estimate of drug-likeness (QED) is 0.660. The summed E-state index contributed by atoms with van der Waals surface area (Å²) in [5.74, 6) is -0.0629. The summed E-state index contributed by atoms with van der Waals surface area (Å²) in [5.41, 5.74) is 1.12. The van der Waals surface area contributed by atoms with Gasteiger partial charge in [-0.1, -0.05) is 0 Å². The Bertz CT molecular complexity index is 360. The molecule has 0 spiro atoms. The Morgan fingerprint density at radius 3 is 3.07 bits per heavy atom. The zero-order chi connectivity index (χ0) is 9.80. The first-order chi connectivity index (χ1) is 6.88. The molecule has 0 saturated heterocycles. The van der Waals surface area contributed by atoms with Crippen LogP contribution in [0.4, 0.5) is 0 Å². The van der Waals surface area contributed by atoms with Gasteiger partial charge in [0.05, 0.1) is 12.9 Å². The molecule has 1 aliphatic heterocycles. The maximum Gasteiger partial charge on any atom is 0.210 e. The van der Waals surface area contributed by atoms with Crippen LogP contribution in [0.15, 0.2) is 30.4 Å². The number of Topliss-reactive ketones (excluding diaryl/α,β-unsaturated/α-hetero) is 1. The first-order valence-electron chi connectivity index (χ1n) is 4.49. The van der Waals surface area contributed by atoms with Crippen LogP contribution in [0, 0.1) is 0 Å². The second kappa shape index (κ2) is 4.00. The highest BCUT2D eigenvalue weighted by Crippen LogP contribution is 2.15. The molecule has 1 aromatic rings. The molecule has 0 amide bonds. The van der Waals surface area contributed by atoms with Gasteiger partial charge in [-0.25, -0.2) is 9.97 Å². The first kappa shape index (κ1) is 8.87. The summed E-state index contributed by atoms with van der Waals surface area (Å²) >= 11 is 0. The Labute approximate surface area is 81.6 Å². The monoisotopic (exact) mass is 190 g/mol. The number of carbonyl (C=O) groups is 1. The van der Waals surface area contributed by atoms with Gasteiger partial charge in [0.2, 0.25) is 5.78 Å². The third-order valence-corrected chi connectivity index (χ3v) is 2.04. The van der Waals surface area contributed by atoms with Crippen molar-refractivity contribution in [2.24, 2.45) is 0 Å². The molecular formula is C10H10N2O2. The van der Waals surface area contributed by atoms with Crippen molar-refractivity contribution in [3.8, 4) is 0 Å². The minimum atomic E-state index is -0.0629. The van der Waals surface area contributed by atoms with E-state index >= 15 is 0 Å². The van der Waals surface area contributed by atoms with Crippen molar-refractivity contribution < 1.29 is 9.53 Å². The lowest BCUT2D eigenvalue weighted by Gasteiger charge is -2.11. The molecule has 2 rings (SSSR count). The van der Waals surface area contributed by atoms with Crippen LogP contribution in [0.1, 0.15) is 23.3 Å². The lowest BCUT2D eigenvalue weighted by atomic mass is 10.0. The van der Waals surface area contributed by atoms with E-state index in [1.807, 2.05) is 0 Å². The van der Waals surface area contributed by atoms with E-state index in [0.717, 1.165) is 12.8 Å². The highest BCUT2D eigenvalue weighted by molar-refractivity contribution is 6.07. The number of rotatable bonds is 2. The van der Waals surface area contributed by atoms with Gasteiger partial charge in [-0.3, -0.25) is 4.79 Å². The van der Waals surface area contributed by atoms with Gasteiger partial charge in [0.25, 0.3) is 0 Å². The maximum atomic E-state index is 11.8. The maximum absolute atomic E-state index is 11.8.